The number of nitrogens with one attached hydrogen (secondary N) is 1. The lowest BCUT2D eigenvalue weighted by Gasteiger charge is -2.28. The minimum atomic E-state index is 0.360. The lowest BCUT2D eigenvalue weighted by atomic mass is 9.96. The van der Waals surface area contributed by atoms with E-state index in [0.717, 1.165) is 30.5 Å². The van der Waals surface area contributed by atoms with Crippen LogP contribution >= 0.6 is 15.9 Å². The van der Waals surface area contributed by atoms with Gasteiger partial charge in [0.05, 0.1) is 0 Å². The molecule has 0 aliphatic carbocycles. The fraction of sp³-hybridized carbons (Fsp3) is 0.667. The van der Waals surface area contributed by atoms with Crippen molar-refractivity contribution in [2.75, 3.05) is 26.7 Å². The molecule has 0 spiro atoms. The number of hydrogen-bond acceptors (Lipinski definition) is 2. The van der Waals surface area contributed by atoms with E-state index >= 15 is 0 Å². The van der Waals surface area contributed by atoms with Crippen molar-refractivity contribution in [2.45, 2.75) is 46.6 Å². The molecule has 1 aromatic carbocycles. The summed E-state index contributed by atoms with van der Waals surface area (Å²) in [5.74, 6) is 0. The van der Waals surface area contributed by atoms with Crippen LogP contribution in [0, 0.1) is 5.41 Å². The second-order valence-corrected chi connectivity index (χ2v) is 8.06. The molecule has 0 fully saturated rings. The Bertz CT molecular complexity index is 395. The molecule has 120 valence electrons. The first-order chi connectivity index (χ1) is 9.81. The molecule has 2 nitrogen and oxygen atoms in total. The van der Waals surface area contributed by atoms with Crippen LogP contribution in [0.1, 0.15) is 52.1 Å². The Morgan fingerprint density at radius 1 is 1.19 bits per heavy atom. The molecular weight excluding hydrogens is 324 g/mol. The second kappa shape index (κ2) is 8.92. The van der Waals surface area contributed by atoms with Gasteiger partial charge in [-0.05, 0) is 56.1 Å². The summed E-state index contributed by atoms with van der Waals surface area (Å²) in [4.78, 5) is 2.44. The van der Waals surface area contributed by atoms with E-state index in [9.17, 15) is 0 Å². The lowest BCUT2D eigenvalue weighted by molar-refractivity contribution is 0.217. The van der Waals surface area contributed by atoms with Gasteiger partial charge in [-0.2, -0.15) is 0 Å². The second-order valence-electron chi connectivity index (χ2n) is 7.15. The number of benzene rings is 1. The molecule has 1 atom stereocenters. The maximum absolute atomic E-state index is 3.68. The zero-order chi connectivity index (χ0) is 15.9. The topological polar surface area (TPSA) is 15.3 Å². The molecule has 1 N–H and O–H groups in total. The summed E-state index contributed by atoms with van der Waals surface area (Å²) in [7, 11) is 2.23. The Morgan fingerprint density at radius 2 is 1.81 bits per heavy atom. The van der Waals surface area contributed by atoms with E-state index in [-0.39, 0.29) is 0 Å². The van der Waals surface area contributed by atoms with Gasteiger partial charge in [-0.25, -0.2) is 0 Å². The van der Waals surface area contributed by atoms with E-state index in [1.165, 1.54) is 12.0 Å². The van der Waals surface area contributed by atoms with Crippen LogP contribution in [0.5, 0.6) is 0 Å². The predicted octanol–water partition coefficient (Wildman–Crippen LogP) is 4.86. The van der Waals surface area contributed by atoms with Crippen LogP contribution in [0.2, 0.25) is 0 Å². The molecule has 0 amide bonds. The molecule has 1 rings (SSSR count). The third-order valence-electron chi connectivity index (χ3n) is 3.46. The van der Waals surface area contributed by atoms with Crippen LogP contribution in [0.15, 0.2) is 28.7 Å². The van der Waals surface area contributed by atoms with Gasteiger partial charge in [-0.1, -0.05) is 55.8 Å². The van der Waals surface area contributed by atoms with Crippen molar-refractivity contribution in [1.29, 1.82) is 0 Å². The summed E-state index contributed by atoms with van der Waals surface area (Å²) in [5.41, 5.74) is 1.74. The van der Waals surface area contributed by atoms with Crippen molar-refractivity contribution in [3.8, 4) is 0 Å². The monoisotopic (exact) mass is 354 g/mol. The molecule has 3 heteroatoms. The highest BCUT2D eigenvalue weighted by molar-refractivity contribution is 9.10. The molecule has 0 aliphatic heterocycles. The van der Waals surface area contributed by atoms with E-state index in [1.807, 2.05) is 0 Å². The van der Waals surface area contributed by atoms with Crippen LogP contribution in [0.3, 0.4) is 0 Å². The van der Waals surface area contributed by atoms with Crippen molar-refractivity contribution >= 4 is 15.9 Å². The molecule has 0 saturated carbocycles. The Hall–Kier alpha value is -0.380. The van der Waals surface area contributed by atoms with E-state index in [1.54, 1.807) is 0 Å². The Labute approximate surface area is 139 Å². The van der Waals surface area contributed by atoms with Gasteiger partial charge in [-0.15, -0.1) is 0 Å². The van der Waals surface area contributed by atoms with Gasteiger partial charge < -0.3 is 10.2 Å². The smallest absolute Gasteiger partial charge is 0.0332 e. The molecule has 0 bridgehead atoms. The maximum atomic E-state index is 3.68. The number of halogens is 1. The third-order valence-corrected chi connectivity index (χ3v) is 3.99. The first-order valence-electron chi connectivity index (χ1n) is 7.99. The summed E-state index contributed by atoms with van der Waals surface area (Å²) in [6, 6.07) is 9.16. The van der Waals surface area contributed by atoms with Crippen molar-refractivity contribution in [3.05, 3.63) is 34.3 Å². The van der Waals surface area contributed by atoms with Crippen molar-refractivity contribution < 1.29 is 0 Å². The number of hydrogen-bond donors (Lipinski definition) is 1. The minimum absolute atomic E-state index is 0.360. The summed E-state index contributed by atoms with van der Waals surface area (Å²) < 4.78 is 1.14. The molecule has 0 saturated heterocycles. The molecular formula is C18H31BrN2. The van der Waals surface area contributed by atoms with Gasteiger partial charge in [0.1, 0.15) is 0 Å². The molecule has 0 aliphatic rings. The maximum Gasteiger partial charge on any atom is 0.0332 e. The highest BCUT2D eigenvalue weighted by Gasteiger charge is 2.16. The molecule has 21 heavy (non-hydrogen) atoms. The SMILES string of the molecule is CCCNC(CCN(C)CC(C)(C)C)c1ccc(Br)cc1. The Morgan fingerprint density at radius 3 is 2.33 bits per heavy atom. The van der Waals surface area contributed by atoms with Crippen molar-refractivity contribution in [2.24, 2.45) is 5.41 Å². The highest BCUT2D eigenvalue weighted by atomic mass is 79.9. The average molecular weight is 355 g/mol. The van der Waals surface area contributed by atoms with Crippen molar-refractivity contribution in [1.82, 2.24) is 10.2 Å². The Kier molecular flexibility index (Phi) is 7.93. The van der Waals surface area contributed by atoms with E-state index in [0.29, 0.717) is 11.5 Å². The predicted molar refractivity (Wildman–Crippen MR) is 96.7 cm³/mol. The summed E-state index contributed by atoms with van der Waals surface area (Å²) in [5, 5.41) is 3.68. The standard InChI is InChI=1S/C18H31BrN2/c1-6-12-20-17(15-7-9-16(19)10-8-15)11-13-21(5)14-18(2,3)4/h7-10,17,20H,6,11-14H2,1-5H3. The quantitative estimate of drug-likeness (QED) is 0.717. The van der Waals surface area contributed by atoms with Crippen LogP contribution in [-0.2, 0) is 0 Å². The average Bonchev–Trinajstić information content (AvgIpc) is 2.38. The first kappa shape index (κ1) is 18.7. The molecule has 0 radical (unpaired) electrons. The van der Waals surface area contributed by atoms with Crippen LogP contribution in [0.25, 0.3) is 0 Å². The normalized spacial score (nSPS) is 13.7. The third kappa shape index (κ3) is 7.98. The van der Waals surface area contributed by atoms with Gasteiger partial charge in [0.15, 0.2) is 0 Å². The van der Waals surface area contributed by atoms with Gasteiger partial charge in [0.25, 0.3) is 0 Å². The van der Waals surface area contributed by atoms with Crippen LogP contribution in [-0.4, -0.2) is 31.6 Å². The van der Waals surface area contributed by atoms with Crippen molar-refractivity contribution in [3.63, 3.8) is 0 Å². The van der Waals surface area contributed by atoms with E-state index in [4.69, 9.17) is 0 Å². The number of nitrogens with zero attached hydrogens (tertiary/aromatic N) is 1. The number of rotatable bonds is 8. The van der Waals surface area contributed by atoms with Gasteiger partial charge >= 0.3 is 0 Å². The summed E-state index contributed by atoms with van der Waals surface area (Å²) >= 11 is 3.51. The fourth-order valence-electron chi connectivity index (χ4n) is 2.64. The zero-order valence-electron chi connectivity index (χ0n) is 14.2. The van der Waals surface area contributed by atoms with Gasteiger partial charge in [0, 0.05) is 17.1 Å². The Balaban J connectivity index is 2.60. The lowest BCUT2D eigenvalue weighted by Crippen LogP contribution is -2.32. The molecule has 1 aromatic rings. The minimum Gasteiger partial charge on any atom is -0.310 e. The van der Waals surface area contributed by atoms with E-state index < -0.39 is 0 Å². The van der Waals surface area contributed by atoms with Gasteiger partial charge in [0.2, 0.25) is 0 Å². The zero-order valence-corrected chi connectivity index (χ0v) is 15.8. The summed E-state index contributed by atoms with van der Waals surface area (Å²) in [6.07, 6.45) is 2.32. The van der Waals surface area contributed by atoms with Gasteiger partial charge in [-0.3, -0.25) is 0 Å². The summed E-state index contributed by atoms with van der Waals surface area (Å²) in [6.45, 7) is 12.4. The largest absolute Gasteiger partial charge is 0.310 e. The highest BCUT2D eigenvalue weighted by Crippen LogP contribution is 2.21. The molecule has 0 aromatic heterocycles. The van der Waals surface area contributed by atoms with E-state index in [2.05, 4.69) is 85.2 Å². The molecule has 1 unspecified atom stereocenters. The van der Waals surface area contributed by atoms with Crippen LogP contribution in [0.4, 0.5) is 0 Å². The molecule has 0 heterocycles. The van der Waals surface area contributed by atoms with Crippen LogP contribution < -0.4 is 5.32 Å². The first-order valence-corrected chi connectivity index (χ1v) is 8.78. The fourth-order valence-corrected chi connectivity index (χ4v) is 2.90.